The summed E-state index contributed by atoms with van der Waals surface area (Å²) in [5.74, 6) is 7.49. The van der Waals surface area contributed by atoms with Gasteiger partial charge >= 0.3 is 12.2 Å². The number of hydrogen-bond acceptors (Lipinski definition) is 8. The van der Waals surface area contributed by atoms with Gasteiger partial charge < -0.3 is 19.7 Å². The topological polar surface area (TPSA) is 132 Å². The molecule has 3 N–H and O–H groups in total. The van der Waals surface area contributed by atoms with E-state index in [1.54, 1.807) is 0 Å². The van der Waals surface area contributed by atoms with Gasteiger partial charge in [0.2, 0.25) is 0 Å². The summed E-state index contributed by atoms with van der Waals surface area (Å²) in [6, 6.07) is 0. The predicted octanol–water partition coefficient (Wildman–Crippen LogP) is 7.81. The third kappa shape index (κ3) is 6.24. The number of fused-ring (bicyclic) bond motifs is 6. The van der Waals surface area contributed by atoms with Crippen LogP contribution in [-0.2, 0) is 9.47 Å². The normalized spacial score (nSPS) is 38.2. The number of ether oxygens (including phenoxy) is 2. The zero-order valence-corrected chi connectivity index (χ0v) is 31.8. The van der Waals surface area contributed by atoms with Gasteiger partial charge in [-0.3, -0.25) is 9.88 Å². The minimum absolute atomic E-state index is 0.0301. The molecular weight excluding hydrogens is 661 g/mol. The largest absolute Gasteiger partial charge is 0.446 e. The second-order valence-electron chi connectivity index (χ2n) is 17.8. The van der Waals surface area contributed by atoms with Crippen molar-refractivity contribution in [3.05, 3.63) is 24.1 Å². The van der Waals surface area contributed by atoms with Crippen LogP contribution in [0.4, 0.5) is 15.0 Å². The number of nitrogens with zero attached hydrogens (tertiary/aromatic N) is 4. The standard InChI is InChI=1S/C41H58FN5O5/c1-8-41(21-48)32(49)20-33(52-41)47-22-43-34-35(44-37(42)46-36(34)47)45-38(50)51-27-15-17-39(6)26(19-27)11-12-28-30-14-13-29(40(30,7)18-16-31(28)39)25(5)10-9-24(4)23(2)3/h1,11,22-25,27-33,48-49H,9-10,12-21H2,2-7H3,(H,44,45,46,50)/t24-,25-,27+,28+,29-,30+,31+,32+,33-,39+,40-,41-/m1/s1. The SMILES string of the molecule is C#C[C@]1(CO)O[C@@H](n2cnc3c(NC(=O)O[C@H]4CC[C@@]5(C)C(=CC[C@H]6[C@@H]7CC[C@H]([C@H](C)CC[C@@H](C)C(C)C)[C@@]7(C)CC[C@@H]65)C4)nc(F)nc32)C[C@@H]1O. The summed E-state index contributed by atoms with van der Waals surface area (Å²) in [5.41, 5.74) is 0.562. The van der Waals surface area contributed by atoms with Gasteiger partial charge in [-0.25, -0.2) is 9.78 Å². The first-order valence-electron chi connectivity index (χ1n) is 19.7. The number of imidazole rings is 1. The number of rotatable bonds is 9. The third-order valence-corrected chi connectivity index (χ3v) is 15.0. The van der Waals surface area contributed by atoms with Crippen LogP contribution >= 0.6 is 0 Å². The van der Waals surface area contributed by atoms with Crippen LogP contribution in [0.3, 0.4) is 0 Å². The number of nitrogens with one attached hydrogen (secondary N) is 1. The molecule has 1 saturated heterocycles. The summed E-state index contributed by atoms with van der Waals surface area (Å²) in [5, 5.41) is 22.9. The number of carbonyl (C=O) groups is 1. The lowest BCUT2D eigenvalue weighted by molar-refractivity contribution is -0.0891. The number of terminal acetylenes is 1. The van der Waals surface area contributed by atoms with Gasteiger partial charge in [-0.15, -0.1) is 6.42 Å². The number of amides is 1. The summed E-state index contributed by atoms with van der Waals surface area (Å²) in [6.07, 6.45) is 16.9. The highest BCUT2D eigenvalue weighted by Gasteiger charge is 2.59. The zero-order valence-electron chi connectivity index (χ0n) is 31.8. The van der Waals surface area contributed by atoms with Gasteiger partial charge in [-0.1, -0.05) is 72.0 Å². The Bertz CT molecular complexity index is 1740. The number of aliphatic hydroxyl groups excluding tert-OH is 2. The van der Waals surface area contributed by atoms with Crippen LogP contribution in [0, 0.1) is 70.7 Å². The molecule has 0 unspecified atom stereocenters. The maximum Gasteiger partial charge on any atom is 0.413 e. The lowest BCUT2D eigenvalue weighted by Gasteiger charge is -2.58. The fourth-order valence-electron chi connectivity index (χ4n) is 11.5. The maximum atomic E-state index is 14.7. The quantitative estimate of drug-likeness (QED) is 0.136. The highest BCUT2D eigenvalue weighted by Crippen LogP contribution is 2.67. The molecule has 1 aliphatic heterocycles. The minimum atomic E-state index is -1.59. The summed E-state index contributed by atoms with van der Waals surface area (Å²) < 4.78 is 27.9. The number of hydrogen-bond donors (Lipinski definition) is 3. The Morgan fingerprint density at radius 3 is 2.65 bits per heavy atom. The van der Waals surface area contributed by atoms with E-state index in [9.17, 15) is 19.4 Å². The summed E-state index contributed by atoms with van der Waals surface area (Å²) in [6.45, 7) is 14.2. The number of anilines is 1. The molecule has 2 aromatic heterocycles. The van der Waals surface area contributed by atoms with Gasteiger partial charge in [0.15, 0.2) is 22.6 Å². The van der Waals surface area contributed by atoms with Crippen molar-refractivity contribution in [2.45, 2.75) is 136 Å². The molecule has 0 spiro atoms. The molecule has 0 radical (unpaired) electrons. The summed E-state index contributed by atoms with van der Waals surface area (Å²) in [4.78, 5) is 25.3. The van der Waals surface area contributed by atoms with E-state index in [4.69, 9.17) is 15.9 Å². The number of halogens is 1. The van der Waals surface area contributed by atoms with Crippen LogP contribution in [-0.4, -0.2) is 60.2 Å². The van der Waals surface area contributed by atoms with E-state index in [0.717, 1.165) is 54.8 Å². The van der Waals surface area contributed by atoms with E-state index < -0.39 is 36.7 Å². The zero-order chi connectivity index (χ0) is 37.2. The van der Waals surface area contributed by atoms with E-state index >= 15 is 0 Å². The number of aliphatic hydroxyl groups is 2. The van der Waals surface area contributed by atoms with E-state index in [2.05, 4.69) is 73.8 Å². The molecule has 3 saturated carbocycles. The summed E-state index contributed by atoms with van der Waals surface area (Å²) in [7, 11) is 0. The van der Waals surface area contributed by atoms with E-state index in [-0.39, 0.29) is 34.9 Å². The molecule has 4 aliphatic carbocycles. The molecule has 10 nitrogen and oxygen atoms in total. The van der Waals surface area contributed by atoms with Gasteiger partial charge in [-0.2, -0.15) is 14.4 Å². The second-order valence-corrected chi connectivity index (χ2v) is 17.8. The van der Waals surface area contributed by atoms with Crippen molar-refractivity contribution >= 4 is 23.1 Å². The number of allylic oxidation sites excluding steroid dienone is 1. The number of aromatic nitrogens is 4. The molecule has 5 aliphatic rings. The molecule has 1 amide bonds. The Kier molecular flexibility index (Phi) is 10.0. The Labute approximate surface area is 307 Å². The van der Waals surface area contributed by atoms with Crippen molar-refractivity contribution in [1.29, 1.82) is 0 Å². The highest BCUT2D eigenvalue weighted by atomic mass is 19.1. The van der Waals surface area contributed by atoms with Crippen molar-refractivity contribution in [3.63, 3.8) is 0 Å². The van der Waals surface area contributed by atoms with Crippen LogP contribution in [0.15, 0.2) is 18.0 Å². The van der Waals surface area contributed by atoms with Gasteiger partial charge in [0.25, 0.3) is 0 Å². The van der Waals surface area contributed by atoms with E-state index in [1.165, 1.54) is 55.0 Å². The van der Waals surface area contributed by atoms with Crippen LogP contribution in [0.5, 0.6) is 0 Å². The molecule has 3 heterocycles. The molecule has 52 heavy (non-hydrogen) atoms. The highest BCUT2D eigenvalue weighted by molar-refractivity contribution is 5.93. The van der Waals surface area contributed by atoms with Crippen molar-refractivity contribution in [3.8, 4) is 12.3 Å². The smallest absolute Gasteiger partial charge is 0.413 e. The Balaban J connectivity index is 0.997. The first kappa shape index (κ1) is 37.3. The second kappa shape index (κ2) is 14.0. The van der Waals surface area contributed by atoms with Gasteiger partial charge in [0, 0.05) is 12.8 Å². The molecule has 0 bridgehead atoms. The number of carbonyl (C=O) groups excluding carboxylic acids is 1. The van der Waals surface area contributed by atoms with E-state index in [1.807, 2.05) is 0 Å². The molecule has 7 rings (SSSR count). The molecule has 12 atom stereocenters. The van der Waals surface area contributed by atoms with Gasteiger partial charge in [-0.05, 0) is 97.2 Å². The first-order valence-corrected chi connectivity index (χ1v) is 19.7. The van der Waals surface area contributed by atoms with Crippen LogP contribution < -0.4 is 5.32 Å². The van der Waals surface area contributed by atoms with Gasteiger partial charge in [0.05, 0.1) is 12.9 Å². The molecule has 11 heteroatoms. The van der Waals surface area contributed by atoms with E-state index in [0.29, 0.717) is 17.8 Å². The molecule has 2 aromatic rings. The maximum absolute atomic E-state index is 14.7. The minimum Gasteiger partial charge on any atom is -0.446 e. The van der Waals surface area contributed by atoms with Crippen molar-refractivity contribution < 1.29 is 28.9 Å². The molecule has 284 valence electrons. The lowest BCUT2D eigenvalue weighted by atomic mass is 9.47. The summed E-state index contributed by atoms with van der Waals surface area (Å²) >= 11 is 0. The van der Waals surface area contributed by atoms with Crippen molar-refractivity contribution in [1.82, 2.24) is 19.5 Å². The predicted molar refractivity (Wildman–Crippen MR) is 196 cm³/mol. The Morgan fingerprint density at radius 2 is 1.94 bits per heavy atom. The molecular formula is C41H58FN5O5. The average Bonchev–Trinajstić information content (AvgIpc) is 3.79. The van der Waals surface area contributed by atoms with Crippen LogP contribution in [0.2, 0.25) is 0 Å². The van der Waals surface area contributed by atoms with Gasteiger partial charge in [0.1, 0.15) is 18.4 Å². The molecule has 4 fully saturated rings. The van der Waals surface area contributed by atoms with Crippen LogP contribution in [0.25, 0.3) is 11.2 Å². The van der Waals surface area contributed by atoms with Crippen molar-refractivity contribution in [2.24, 2.45) is 52.3 Å². The average molecular weight is 720 g/mol. The fourth-order valence-corrected chi connectivity index (χ4v) is 11.5. The Hall–Kier alpha value is -3.07. The third-order valence-electron chi connectivity index (χ3n) is 15.0. The first-order chi connectivity index (χ1) is 24.7. The lowest BCUT2D eigenvalue weighted by Crippen LogP contribution is -2.51. The Morgan fingerprint density at radius 1 is 1.15 bits per heavy atom. The van der Waals surface area contributed by atoms with Crippen LogP contribution in [0.1, 0.15) is 118 Å². The monoisotopic (exact) mass is 719 g/mol. The molecule has 0 aromatic carbocycles. The fraction of sp³-hybridized carbons (Fsp3) is 0.756. The van der Waals surface area contributed by atoms with Crippen molar-refractivity contribution in [2.75, 3.05) is 11.9 Å².